The normalized spacial score (nSPS) is 15.1. The van der Waals surface area contributed by atoms with Crippen molar-refractivity contribution in [3.63, 3.8) is 0 Å². The molecule has 0 radical (unpaired) electrons. The highest BCUT2D eigenvalue weighted by molar-refractivity contribution is 5.83. The second-order valence-corrected chi connectivity index (χ2v) is 7.61. The highest BCUT2D eigenvalue weighted by Gasteiger charge is 2.26. The van der Waals surface area contributed by atoms with Crippen LogP contribution in [0, 0.1) is 19.8 Å². The number of rotatable bonds is 5. The van der Waals surface area contributed by atoms with Gasteiger partial charge in [-0.25, -0.2) is 9.97 Å². The van der Waals surface area contributed by atoms with E-state index in [4.69, 9.17) is 0 Å². The van der Waals surface area contributed by atoms with Crippen LogP contribution >= 0.6 is 0 Å². The summed E-state index contributed by atoms with van der Waals surface area (Å²) in [4.78, 5) is 27.1. The first kappa shape index (κ1) is 18.5. The molecule has 0 unspecified atom stereocenters. The molecular weight excluding hydrogens is 350 g/mol. The molecule has 1 amide bonds. The van der Waals surface area contributed by atoms with Gasteiger partial charge in [-0.2, -0.15) is 0 Å². The van der Waals surface area contributed by atoms with E-state index in [1.54, 1.807) is 0 Å². The molecule has 2 aromatic heterocycles. The molecule has 1 aliphatic rings. The highest BCUT2D eigenvalue weighted by atomic mass is 16.1. The fourth-order valence-electron chi connectivity index (χ4n) is 3.99. The standard InChI is InChI=1S/C22H27N5O/c1-15-13-16(2)26-22(25-15)27-11-8-17(9-12-27)21(28)23-10-7-18-14-24-20-6-4-3-5-19(18)20/h3-6,13-14,17,24H,7-12H2,1-2H3,(H,23,28). The number of anilines is 1. The maximum atomic E-state index is 12.6. The maximum Gasteiger partial charge on any atom is 0.225 e. The minimum atomic E-state index is 0.0742. The molecule has 1 saturated heterocycles. The lowest BCUT2D eigenvalue weighted by Gasteiger charge is -2.31. The Balaban J connectivity index is 1.27. The van der Waals surface area contributed by atoms with Crippen LogP contribution in [0.2, 0.25) is 0 Å². The lowest BCUT2D eigenvalue weighted by molar-refractivity contribution is -0.125. The summed E-state index contributed by atoms with van der Waals surface area (Å²) in [5.74, 6) is 1.03. The van der Waals surface area contributed by atoms with Crippen molar-refractivity contribution < 1.29 is 4.79 Å². The quantitative estimate of drug-likeness (QED) is 0.716. The van der Waals surface area contributed by atoms with Gasteiger partial charge in [-0.3, -0.25) is 4.79 Å². The van der Waals surface area contributed by atoms with Crippen LogP contribution in [0.1, 0.15) is 29.8 Å². The molecule has 4 rings (SSSR count). The van der Waals surface area contributed by atoms with Gasteiger partial charge >= 0.3 is 0 Å². The van der Waals surface area contributed by atoms with Crippen molar-refractivity contribution in [3.05, 3.63) is 53.5 Å². The highest BCUT2D eigenvalue weighted by Crippen LogP contribution is 2.22. The first-order valence-electron chi connectivity index (χ1n) is 10.00. The summed E-state index contributed by atoms with van der Waals surface area (Å²) in [6, 6.07) is 10.3. The van der Waals surface area contributed by atoms with E-state index in [1.165, 1.54) is 10.9 Å². The fraction of sp³-hybridized carbons (Fsp3) is 0.409. The summed E-state index contributed by atoms with van der Waals surface area (Å²) in [5.41, 5.74) is 4.36. The van der Waals surface area contributed by atoms with Gasteiger partial charge in [0.15, 0.2) is 0 Å². The Bertz CT molecular complexity index is 952. The van der Waals surface area contributed by atoms with Crippen LogP contribution in [-0.2, 0) is 11.2 Å². The zero-order valence-electron chi connectivity index (χ0n) is 16.5. The van der Waals surface area contributed by atoms with Crippen LogP contribution in [0.5, 0.6) is 0 Å². The van der Waals surface area contributed by atoms with E-state index in [2.05, 4.69) is 37.3 Å². The summed E-state index contributed by atoms with van der Waals surface area (Å²) in [6.45, 7) is 6.30. The van der Waals surface area contributed by atoms with Gasteiger partial charge in [0, 0.05) is 54.0 Å². The van der Waals surface area contributed by atoms with E-state index in [-0.39, 0.29) is 11.8 Å². The Kier molecular flexibility index (Phi) is 5.28. The topological polar surface area (TPSA) is 73.9 Å². The summed E-state index contributed by atoms with van der Waals surface area (Å²) >= 11 is 0. The molecule has 0 spiro atoms. The lowest BCUT2D eigenvalue weighted by atomic mass is 9.96. The molecule has 0 bridgehead atoms. The molecular formula is C22H27N5O. The predicted molar refractivity (Wildman–Crippen MR) is 111 cm³/mol. The molecule has 146 valence electrons. The molecule has 6 heteroatoms. The third-order valence-electron chi connectivity index (χ3n) is 5.49. The molecule has 0 aliphatic carbocycles. The van der Waals surface area contributed by atoms with E-state index in [0.29, 0.717) is 6.54 Å². The summed E-state index contributed by atoms with van der Waals surface area (Å²) in [5, 5.41) is 4.36. The number of aryl methyl sites for hydroxylation is 2. The molecule has 1 aromatic carbocycles. The Hall–Kier alpha value is -2.89. The molecule has 0 saturated carbocycles. The van der Waals surface area contributed by atoms with Gasteiger partial charge in [-0.1, -0.05) is 18.2 Å². The van der Waals surface area contributed by atoms with Gasteiger partial charge in [0.2, 0.25) is 11.9 Å². The third-order valence-corrected chi connectivity index (χ3v) is 5.49. The predicted octanol–water partition coefficient (Wildman–Crippen LogP) is 3.15. The Morgan fingerprint density at radius 1 is 1.18 bits per heavy atom. The second kappa shape index (κ2) is 8.00. The molecule has 1 fully saturated rings. The molecule has 28 heavy (non-hydrogen) atoms. The average Bonchev–Trinajstić information content (AvgIpc) is 3.10. The number of benzene rings is 1. The number of hydrogen-bond acceptors (Lipinski definition) is 4. The van der Waals surface area contributed by atoms with Gasteiger partial charge in [-0.15, -0.1) is 0 Å². The largest absolute Gasteiger partial charge is 0.361 e. The molecule has 0 atom stereocenters. The Morgan fingerprint density at radius 3 is 2.64 bits per heavy atom. The number of carbonyl (C=O) groups excluding carboxylic acids is 1. The van der Waals surface area contributed by atoms with Crippen molar-refractivity contribution in [2.24, 2.45) is 5.92 Å². The number of nitrogens with one attached hydrogen (secondary N) is 2. The van der Waals surface area contributed by atoms with Gasteiger partial charge in [0.25, 0.3) is 0 Å². The van der Waals surface area contributed by atoms with Crippen LogP contribution in [0.15, 0.2) is 36.5 Å². The van der Waals surface area contributed by atoms with Crippen LogP contribution in [0.4, 0.5) is 5.95 Å². The number of nitrogens with zero attached hydrogens (tertiary/aromatic N) is 3. The number of para-hydroxylation sites is 1. The second-order valence-electron chi connectivity index (χ2n) is 7.61. The van der Waals surface area contributed by atoms with Crippen molar-refractivity contribution in [2.45, 2.75) is 33.1 Å². The maximum absolute atomic E-state index is 12.6. The van der Waals surface area contributed by atoms with E-state index in [0.717, 1.165) is 55.2 Å². The number of amides is 1. The Labute approximate surface area is 165 Å². The fourth-order valence-corrected chi connectivity index (χ4v) is 3.99. The van der Waals surface area contributed by atoms with E-state index < -0.39 is 0 Å². The number of fused-ring (bicyclic) bond motifs is 1. The third kappa shape index (κ3) is 4.01. The van der Waals surface area contributed by atoms with Crippen LogP contribution in [0.3, 0.4) is 0 Å². The van der Waals surface area contributed by atoms with Crippen molar-refractivity contribution >= 4 is 22.8 Å². The minimum Gasteiger partial charge on any atom is -0.361 e. The molecule has 3 heterocycles. The smallest absolute Gasteiger partial charge is 0.225 e. The summed E-state index contributed by atoms with van der Waals surface area (Å²) < 4.78 is 0. The monoisotopic (exact) mass is 377 g/mol. The first-order valence-corrected chi connectivity index (χ1v) is 10.00. The zero-order valence-corrected chi connectivity index (χ0v) is 16.5. The van der Waals surface area contributed by atoms with E-state index >= 15 is 0 Å². The molecule has 2 N–H and O–H groups in total. The number of H-pyrrole nitrogens is 1. The lowest BCUT2D eigenvalue weighted by Crippen LogP contribution is -2.41. The summed E-state index contributed by atoms with van der Waals surface area (Å²) in [6.07, 6.45) is 4.56. The number of piperidine rings is 1. The van der Waals surface area contributed by atoms with Gasteiger partial charge < -0.3 is 15.2 Å². The van der Waals surface area contributed by atoms with Crippen LogP contribution in [-0.4, -0.2) is 40.5 Å². The minimum absolute atomic E-state index is 0.0742. The first-order chi connectivity index (χ1) is 13.6. The van der Waals surface area contributed by atoms with E-state index in [9.17, 15) is 4.79 Å². The number of hydrogen-bond donors (Lipinski definition) is 2. The summed E-state index contributed by atoms with van der Waals surface area (Å²) in [7, 11) is 0. The van der Waals surface area contributed by atoms with Crippen LogP contribution in [0.25, 0.3) is 10.9 Å². The Morgan fingerprint density at radius 2 is 1.89 bits per heavy atom. The molecule has 1 aliphatic heterocycles. The van der Waals surface area contributed by atoms with Gasteiger partial charge in [0.1, 0.15) is 0 Å². The average molecular weight is 377 g/mol. The van der Waals surface area contributed by atoms with Crippen LogP contribution < -0.4 is 10.2 Å². The molecule has 6 nitrogen and oxygen atoms in total. The number of aromatic amines is 1. The van der Waals surface area contributed by atoms with Crippen molar-refractivity contribution in [3.8, 4) is 0 Å². The van der Waals surface area contributed by atoms with Crippen molar-refractivity contribution in [1.82, 2.24) is 20.3 Å². The van der Waals surface area contributed by atoms with Crippen molar-refractivity contribution in [1.29, 1.82) is 0 Å². The van der Waals surface area contributed by atoms with E-state index in [1.807, 2.05) is 38.2 Å². The van der Waals surface area contributed by atoms with Gasteiger partial charge in [0.05, 0.1) is 0 Å². The SMILES string of the molecule is Cc1cc(C)nc(N2CCC(C(=O)NCCc3c[nH]c4ccccc34)CC2)n1. The van der Waals surface area contributed by atoms with Crippen molar-refractivity contribution in [2.75, 3.05) is 24.5 Å². The molecule has 3 aromatic rings. The van der Waals surface area contributed by atoms with Gasteiger partial charge in [-0.05, 0) is 50.8 Å². The number of carbonyl (C=O) groups is 1. The zero-order chi connectivity index (χ0) is 19.5. The number of aromatic nitrogens is 3.